The lowest BCUT2D eigenvalue weighted by molar-refractivity contribution is 0.0192. The van der Waals surface area contributed by atoms with Crippen LogP contribution in [0.4, 0.5) is 4.79 Å². The summed E-state index contributed by atoms with van der Waals surface area (Å²) in [7, 11) is 0. The Kier molecular flexibility index (Phi) is 8.87. The van der Waals surface area contributed by atoms with Crippen LogP contribution in [0.25, 0.3) is 0 Å². The van der Waals surface area contributed by atoms with Gasteiger partial charge < -0.3 is 33.7 Å². The molecule has 3 fully saturated rings. The summed E-state index contributed by atoms with van der Waals surface area (Å²) in [6, 6.07) is 11.8. The standard InChI is InChI=1S/C20H18O6.C10H18ClN3O2/c1-3-15-17(25-9-23-15)5-11(1)19-13-7-22-20(14(13)8-21-19)12-2-4-16-18(6-12)26-10-24-16;1-8-2-4-9(5-3-8)12-10(15)14(13-16)7-6-11/h1-6,13-14,19-20H,7-10H2;8-9H,2-7H2,1H3,(H,12,15). The van der Waals surface area contributed by atoms with Crippen molar-refractivity contribution in [3.05, 3.63) is 52.4 Å². The molecule has 4 heterocycles. The van der Waals surface area contributed by atoms with Crippen LogP contribution < -0.4 is 24.3 Å². The summed E-state index contributed by atoms with van der Waals surface area (Å²) in [4.78, 5) is 22.0. The van der Waals surface area contributed by atoms with Crippen LogP contribution in [0.3, 0.4) is 0 Å². The summed E-state index contributed by atoms with van der Waals surface area (Å²) in [6.07, 6.45) is 4.23. The van der Waals surface area contributed by atoms with Crippen molar-refractivity contribution in [3.8, 4) is 23.0 Å². The Hall–Kier alpha value is -3.28. The van der Waals surface area contributed by atoms with Crippen molar-refractivity contribution in [2.45, 2.75) is 50.9 Å². The van der Waals surface area contributed by atoms with Gasteiger partial charge in [0.1, 0.15) is 0 Å². The van der Waals surface area contributed by atoms with E-state index in [-0.39, 0.29) is 44.3 Å². The molecule has 2 saturated heterocycles. The van der Waals surface area contributed by atoms with Gasteiger partial charge in [0.05, 0.1) is 37.3 Å². The van der Waals surface area contributed by atoms with Crippen LogP contribution in [0, 0.1) is 22.7 Å². The summed E-state index contributed by atoms with van der Waals surface area (Å²) in [5.74, 6) is 4.77. The molecule has 0 bridgehead atoms. The van der Waals surface area contributed by atoms with Gasteiger partial charge in [0.15, 0.2) is 23.0 Å². The molecule has 4 unspecified atom stereocenters. The van der Waals surface area contributed by atoms with E-state index in [0.29, 0.717) is 25.0 Å². The molecule has 226 valence electrons. The van der Waals surface area contributed by atoms with Crippen molar-refractivity contribution >= 4 is 17.6 Å². The molecule has 7 rings (SSSR count). The maximum atomic E-state index is 11.6. The molecule has 5 aliphatic rings. The zero-order valence-electron chi connectivity index (χ0n) is 23.5. The molecule has 1 saturated carbocycles. The minimum Gasteiger partial charge on any atom is -0.454 e. The predicted octanol–water partition coefficient (Wildman–Crippen LogP) is 5.72. The van der Waals surface area contributed by atoms with Crippen LogP contribution in [-0.2, 0) is 9.47 Å². The molecule has 4 atom stereocenters. The number of fused-ring (bicyclic) bond motifs is 3. The minimum atomic E-state index is -0.435. The topological polar surface area (TPSA) is 117 Å². The number of benzene rings is 2. The number of amides is 2. The third-order valence-electron chi connectivity index (χ3n) is 8.69. The van der Waals surface area contributed by atoms with Gasteiger partial charge in [-0.1, -0.05) is 19.1 Å². The van der Waals surface area contributed by atoms with E-state index in [4.69, 9.17) is 40.0 Å². The molecular weight excluding hydrogens is 566 g/mol. The number of rotatable bonds is 6. The molecule has 4 aliphatic heterocycles. The van der Waals surface area contributed by atoms with Crippen LogP contribution >= 0.6 is 11.6 Å². The van der Waals surface area contributed by atoms with Crippen LogP contribution in [0.15, 0.2) is 41.7 Å². The van der Waals surface area contributed by atoms with Crippen molar-refractivity contribution in [2.24, 2.45) is 23.0 Å². The van der Waals surface area contributed by atoms with Crippen LogP contribution in [-0.4, -0.2) is 56.3 Å². The number of carbonyl (C=O) groups excluding carboxylic acids is 1. The van der Waals surface area contributed by atoms with E-state index in [1.807, 2.05) is 24.3 Å². The van der Waals surface area contributed by atoms with E-state index >= 15 is 0 Å². The first-order chi connectivity index (χ1) is 20.5. The number of hydrogen-bond donors (Lipinski definition) is 1. The second-order valence-electron chi connectivity index (χ2n) is 11.4. The number of halogens is 1. The number of urea groups is 1. The van der Waals surface area contributed by atoms with Crippen molar-refractivity contribution < 1.29 is 33.2 Å². The third kappa shape index (κ3) is 6.09. The first kappa shape index (κ1) is 28.8. The van der Waals surface area contributed by atoms with E-state index in [1.54, 1.807) is 0 Å². The zero-order valence-corrected chi connectivity index (χ0v) is 24.3. The zero-order chi connectivity index (χ0) is 29.1. The number of hydrogen-bond acceptors (Lipinski definition) is 9. The minimum absolute atomic E-state index is 0.0218. The number of alkyl halides is 1. The summed E-state index contributed by atoms with van der Waals surface area (Å²) in [5.41, 5.74) is 2.24. The van der Waals surface area contributed by atoms with Gasteiger partial charge in [-0.3, -0.25) is 0 Å². The van der Waals surface area contributed by atoms with Crippen molar-refractivity contribution in [2.75, 3.05) is 39.2 Å². The molecule has 12 heteroatoms. The van der Waals surface area contributed by atoms with E-state index in [1.165, 1.54) is 0 Å². The predicted molar refractivity (Wildman–Crippen MR) is 153 cm³/mol. The molecule has 2 aromatic carbocycles. The molecule has 11 nitrogen and oxygen atoms in total. The molecule has 0 spiro atoms. The molecule has 42 heavy (non-hydrogen) atoms. The van der Waals surface area contributed by atoms with Crippen LogP contribution in [0.2, 0.25) is 0 Å². The monoisotopic (exact) mass is 601 g/mol. The quantitative estimate of drug-likeness (QED) is 0.254. The highest BCUT2D eigenvalue weighted by molar-refractivity contribution is 6.18. The Bertz CT molecular complexity index is 1200. The first-order valence-corrected chi connectivity index (χ1v) is 15.1. The molecule has 0 radical (unpaired) electrons. The van der Waals surface area contributed by atoms with E-state index < -0.39 is 6.03 Å². The van der Waals surface area contributed by atoms with Crippen LogP contribution in [0.1, 0.15) is 55.9 Å². The fourth-order valence-electron chi connectivity index (χ4n) is 6.33. The van der Waals surface area contributed by atoms with Crippen LogP contribution in [0.5, 0.6) is 23.0 Å². The van der Waals surface area contributed by atoms with Gasteiger partial charge in [0, 0.05) is 23.8 Å². The second-order valence-corrected chi connectivity index (χ2v) is 11.7. The van der Waals surface area contributed by atoms with E-state index in [2.05, 4.69) is 29.7 Å². The smallest absolute Gasteiger partial charge is 0.340 e. The summed E-state index contributed by atoms with van der Waals surface area (Å²) in [6.45, 7) is 4.30. The Morgan fingerprint density at radius 3 is 1.88 bits per heavy atom. The van der Waals surface area contributed by atoms with Gasteiger partial charge in [-0.05, 0) is 67.0 Å². The molecular formula is C30H36ClN3O8. The lowest BCUT2D eigenvalue weighted by Gasteiger charge is -2.27. The Labute approximate surface area is 249 Å². The van der Waals surface area contributed by atoms with Gasteiger partial charge in [0.25, 0.3) is 0 Å². The van der Waals surface area contributed by atoms with Gasteiger partial charge in [-0.15, -0.1) is 16.5 Å². The Morgan fingerprint density at radius 1 is 0.857 bits per heavy atom. The average molecular weight is 602 g/mol. The third-order valence-corrected chi connectivity index (χ3v) is 8.86. The lowest BCUT2D eigenvalue weighted by atomic mass is 9.85. The molecule has 2 amide bonds. The maximum Gasteiger partial charge on any atom is 0.340 e. The highest BCUT2D eigenvalue weighted by Crippen LogP contribution is 2.52. The van der Waals surface area contributed by atoms with Gasteiger partial charge in [-0.2, -0.15) is 5.01 Å². The highest BCUT2D eigenvalue weighted by Gasteiger charge is 2.48. The van der Waals surface area contributed by atoms with Crippen molar-refractivity contribution in [1.82, 2.24) is 10.3 Å². The van der Waals surface area contributed by atoms with Crippen molar-refractivity contribution in [1.29, 1.82) is 0 Å². The van der Waals surface area contributed by atoms with Gasteiger partial charge in [-0.25, -0.2) is 4.79 Å². The Balaban J connectivity index is 0.000000171. The summed E-state index contributed by atoms with van der Waals surface area (Å²) >= 11 is 5.46. The van der Waals surface area contributed by atoms with Crippen molar-refractivity contribution in [3.63, 3.8) is 0 Å². The first-order valence-electron chi connectivity index (χ1n) is 14.5. The number of nitrogens with one attached hydrogen (secondary N) is 1. The van der Waals surface area contributed by atoms with Gasteiger partial charge in [0.2, 0.25) is 13.6 Å². The van der Waals surface area contributed by atoms with E-state index in [0.717, 1.165) is 70.7 Å². The highest BCUT2D eigenvalue weighted by atomic mass is 35.5. The maximum absolute atomic E-state index is 11.6. The normalized spacial score (nSPS) is 28.4. The molecule has 2 aromatic rings. The largest absolute Gasteiger partial charge is 0.454 e. The molecule has 1 N–H and O–H groups in total. The fraction of sp³-hybridized carbons (Fsp3) is 0.567. The lowest BCUT2D eigenvalue weighted by Crippen LogP contribution is -2.44. The average Bonchev–Trinajstić information content (AvgIpc) is 3.81. The Morgan fingerprint density at radius 2 is 1.38 bits per heavy atom. The number of carbonyl (C=O) groups is 1. The fourth-order valence-corrected chi connectivity index (χ4v) is 6.49. The number of nitrogens with zero attached hydrogens (tertiary/aromatic N) is 2. The SMILES string of the molecule is CC1CCC(NC(=O)N(CCCl)N=O)CC1.c1cc2c(cc1C1OCC3C(c4ccc5c(c4)OCO5)OCC13)OCO2. The molecule has 1 aliphatic carbocycles. The second kappa shape index (κ2) is 12.9. The number of nitroso groups, excluding NO2 is 1. The van der Waals surface area contributed by atoms with Gasteiger partial charge >= 0.3 is 6.03 Å². The number of ether oxygens (including phenoxy) is 6. The van der Waals surface area contributed by atoms with E-state index in [9.17, 15) is 9.70 Å². The summed E-state index contributed by atoms with van der Waals surface area (Å²) < 4.78 is 34.2. The molecule has 0 aromatic heterocycles. The summed E-state index contributed by atoms with van der Waals surface area (Å²) in [5, 5.41) is 6.29.